The van der Waals surface area contributed by atoms with Gasteiger partial charge in [-0.25, -0.2) is 4.98 Å². The highest BCUT2D eigenvalue weighted by Gasteiger charge is 2.12. The second kappa shape index (κ2) is 5.16. The number of hydrogen-bond donors (Lipinski definition) is 2. The SMILES string of the molecule is COc1ccc2[nH]c(C)c(Cc3nc4ccc(C)cc4[nH]3)c2c1. The molecule has 23 heavy (non-hydrogen) atoms. The first-order chi connectivity index (χ1) is 11.1. The van der Waals surface area contributed by atoms with Crippen LogP contribution in [0.2, 0.25) is 0 Å². The van der Waals surface area contributed by atoms with Gasteiger partial charge < -0.3 is 14.7 Å². The summed E-state index contributed by atoms with van der Waals surface area (Å²) in [4.78, 5) is 11.6. The molecule has 0 bridgehead atoms. The predicted octanol–water partition coefficient (Wildman–Crippen LogP) is 4.26. The number of benzene rings is 2. The van der Waals surface area contributed by atoms with Crippen LogP contribution in [0.1, 0.15) is 22.6 Å². The lowest BCUT2D eigenvalue weighted by atomic mass is 10.1. The molecule has 2 aromatic carbocycles. The van der Waals surface area contributed by atoms with E-state index in [0.717, 1.165) is 34.5 Å². The molecular formula is C19H19N3O. The van der Waals surface area contributed by atoms with E-state index in [1.54, 1.807) is 7.11 Å². The molecule has 4 heteroatoms. The van der Waals surface area contributed by atoms with Crippen LogP contribution in [0.5, 0.6) is 5.75 Å². The molecule has 2 heterocycles. The third kappa shape index (κ3) is 2.36. The lowest BCUT2D eigenvalue weighted by molar-refractivity contribution is 0.415. The summed E-state index contributed by atoms with van der Waals surface area (Å²) in [6.07, 6.45) is 0.771. The molecule has 0 spiro atoms. The van der Waals surface area contributed by atoms with Crippen LogP contribution < -0.4 is 4.74 Å². The van der Waals surface area contributed by atoms with Crippen molar-refractivity contribution in [3.63, 3.8) is 0 Å². The number of imidazole rings is 1. The average molecular weight is 305 g/mol. The fourth-order valence-electron chi connectivity index (χ4n) is 3.14. The van der Waals surface area contributed by atoms with Crippen molar-refractivity contribution in [1.82, 2.24) is 15.0 Å². The lowest BCUT2D eigenvalue weighted by Crippen LogP contribution is -1.92. The van der Waals surface area contributed by atoms with Crippen molar-refractivity contribution >= 4 is 21.9 Å². The fourth-order valence-corrected chi connectivity index (χ4v) is 3.14. The molecule has 0 saturated heterocycles. The van der Waals surface area contributed by atoms with E-state index in [2.05, 4.69) is 54.1 Å². The number of aryl methyl sites for hydroxylation is 2. The Morgan fingerprint density at radius 2 is 1.87 bits per heavy atom. The van der Waals surface area contributed by atoms with E-state index < -0.39 is 0 Å². The molecule has 0 aliphatic carbocycles. The van der Waals surface area contributed by atoms with Crippen LogP contribution in [0, 0.1) is 13.8 Å². The lowest BCUT2D eigenvalue weighted by Gasteiger charge is -2.01. The van der Waals surface area contributed by atoms with Crippen molar-refractivity contribution in [2.24, 2.45) is 0 Å². The third-order valence-corrected chi connectivity index (χ3v) is 4.36. The van der Waals surface area contributed by atoms with Crippen LogP contribution in [0.15, 0.2) is 36.4 Å². The summed E-state index contributed by atoms with van der Waals surface area (Å²) in [5.41, 5.74) is 6.90. The zero-order valence-electron chi connectivity index (χ0n) is 13.5. The van der Waals surface area contributed by atoms with E-state index in [1.165, 1.54) is 22.2 Å². The van der Waals surface area contributed by atoms with Crippen LogP contribution in [0.25, 0.3) is 21.9 Å². The van der Waals surface area contributed by atoms with Crippen molar-refractivity contribution in [1.29, 1.82) is 0 Å². The highest BCUT2D eigenvalue weighted by atomic mass is 16.5. The third-order valence-electron chi connectivity index (χ3n) is 4.36. The minimum Gasteiger partial charge on any atom is -0.497 e. The molecule has 0 aliphatic heterocycles. The minimum atomic E-state index is 0.771. The van der Waals surface area contributed by atoms with Gasteiger partial charge in [0.25, 0.3) is 0 Å². The van der Waals surface area contributed by atoms with E-state index in [0.29, 0.717) is 0 Å². The second-order valence-electron chi connectivity index (χ2n) is 6.02. The van der Waals surface area contributed by atoms with Gasteiger partial charge in [0.2, 0.25) is 0 Å². The predicted molar refractivity (Wildman–Crippen MR) is 93.2 cm³/mol. The monoisotopic (exact) mass is 305 g/mol. The Balaban J connectivity index is 1.80. The van der Waals surface area contributed by atoms with Crippen molar-refractivity contribution in [3.8, 4) is 5.75 Å². The second-order valence-corrected chi connectivity index (χ2v) is 6.02. The summed E-state index contributed by atoms with van der Waals surface area (Å²) in [5, 5.41) is 1.19. The zero-order chi connectivity index (χ0) is 16.0. The van der Waals surface area contributed by atoms with Gasteiger partial charge in [0.05, 0.1) is 18.1 Å². The van der Waals surface area contributed by atoms with Crippen molar-refractivity contribution in [3.05, 3.63) is 59.0 Å². The van der Waals surface area contributed by atoms with Crippen molar-refractivity contribution < 1.29 is 4.74 Å². The number of H-pyrrole nitrogens is 2. The Kier molecular flexibility index (Phi) is 3.11. The van der Waals surface area contributed by atoms with E-state index in [9.17, 15) is 0 Å². The number of nitrogens with zero attached hydrogens (tertiary/aromatic N) is 1. The van der Waals surface area contributed by atoms with Gasteiger partial charge in [0, 0.05) is 23.0 Å². The maximum atomic E-state index is 5.36. The number of hydrogen-bond acceptors (Lipinski definition) is 2. The molecule has 0 amide bonds. The molecule has 0 saturated carbocycles. The van der Waals surface area contributed by atoms with Gasteiger partial charge in [0.1, 0.15) is 11.6 Å². The van der Waals surface area contributed by atoms with Gasteiger partial charge in [-0.15, -0.1) is 0 Å². The van der Waals surface area contributed by atoms with E-state index in [1.807, 2.05) is 6.07 Å². The molecule has 2 aromatic heterocycles. The molecule has 0 atom stereocenters. The smallest absolute Gasteiger partial charge is 0.119 e. The fraction of sp³-hybridized carbons (Fsp3) is 0.211. The highest BCUT2D eigenvalue weighted by molar-refractivity contribution is 5.86. The molecule has 0 unspecified atom stereocenters. The quantitative estimate of drug-likeness (QED) is 0.594. The van der Waals surface area contributed by atoms with Crippen molar-refractivity contribution in [2.75, 3.05) is 7.11 Å². The number of aromatic nitrogens is 3. The summed E-state index contributed by atoms with van der Waals surface area (Å²) >= 11 is 0. The Bertz CT molecular complexity index is 1010. The molecule has 0 radical (unpaired) electrons. The van der Waals surface area contributed by atoms with Crippen LogP contribution in [0.4, 0.5) is 0 Å². The molecule has 4 aromatic rings. The summed E-state index contributed by atoms with van der Waals surface area (Å²) in [5.74, 6) is 1.86. The van der Waals surface area contributed by atoms with E-state index in [-0.39, 0.29) is 0 Å². The van der Waals surface area contributed by atoms with Gasteiger partial charge in [-0.3, -0.25) is 0 Å². The van der Waals surface area contributed by atoms with Crippen LogP contribution >= 0.6 is 0 Å². The van der Waals surface area contributed by atoms with Gasteiger partial charge >= 0.3 is 0 Å². The topological polar surface area (TPSA) is 53.7 Å². The first kappa shape index (κ1) is 13.9. The van der Waals surface area contributed by atoms with Gasteiger partial charge in [-0.2, -0.15) is 0 Å². The maximum absolute atomic E-state index is 5.36. The summed E-state index contributed by atoms with van der Waals surface area (Å²) in [6, 6.07) is 12.4. The van der Waals surface area contributed by atoms with Crippen LogP contribution in [-0.4, -0.2) is 22.1 Å². The zero-order valence-corrected chi connectivity index (χ0v) is 13.5. The normalized spacial score (nSPS) is 11.4. The molecule has 2 N–H and O–H groups in total. The number of nitrogens with one attached hydrogen (secondary N) is 2. The number of ether oxygens (including phenoxy) is 1. The number of fused-ring (bicyclic) bond motifs is 2. The molecule has 116 valence electrons. The Morgan fingerprint density at radius 3 is 2.70 bits per heavy atom. The maximum Gasteiger partial charge on any atom is 0.119 e. The molecule has 0 fully saturated rings. The Labute approximate surface area is 134 Å². The first-order valence-corrected chi connectivity index (χ1v) is 7.74. The number of aromatic amines is 2. The van der Waals surface area contributed by atoms with E-state index >= 15 is 0 Å². The van der Waals surface area contributed by atoms with Gasteiger partial charge in [-0.1, -0.05) is 6.07 Å². The standard InChI is InChI=1S/C19H19N3O/c1-11-4-6-17-18(8-11)22-19(21-17)10-14-12(2)20-16-7-5-13(23-3)9-15(14)16/h4-9,20H,10H2,1-3H3,(H,21,22). The van der Waals surface area contributed by atoms with E-state index in [4.69, 9.17) is 9.72 Å². The van der Waals surface area contributed by atoms with Gasteiger partial charge in [0.15, 0.2) is 0 Å². The minimum absolute atomic E-state index is 0.771. The summed E-state index contributed by atoms with van der Waals surface area (Å²) < 4.78 is 5.36. The Morgan fingerprint density at radius 1 is 1.00 bits per heavy atom. The molecule has 4 rings (SSSR count). The number of rotatable bonds is 3. The summed E-state index contributed by atoms with van der Waals surface area (Å²) in [6.45, 7) is 4.20. The first-order valence-electron chi connectivity index (χ1n) is 7.74. The largest absolute Gasteiger partial charge is 0.497 e. The number of methoxy groups -OCH3 is 1. The van der Waals surface area contributed by atoms with Gasteiger partial charge in [-0.05, 0) is 55.3 Å². The molecule has 0 aliphatic rings. The average Bonchev–Trinajstić information content (AvgIpc) is 3.07. The molecule has 4 nitrogen and oxygen atoms in total. The van der Waals surface area contributed by atoms with Crippen molar-refractivity contribution in [2.45, 2.75) is 20.3 Å². The van der Waals surface area contributed by atoms with Crippen LogP contribution in [0.3, 0.4) is 0 Å². The highest BCUT2D eigenvalue weighted by Crippen LogP contribution is 2.28. The molecular weight excluding hydrogens is 286 g/mol. The van der Waals surface area contributed by atoms with Crippen LogP contribution in [-0.2, 0) is 6.42 Å². The summed E-state index contributed by atoms with van der Waals surface area (Å²) in [7, 11) is 1.70. The Hall–Kier alpha value is -2.75.